The molecule has 5 nitrogen and oxygen atoms in total. The highest BCUT2D eigenvalue weighted by Gasteiger charge is 2.28. The lowest BCUT2D eigenvalue weighted by Crippen LogP contribution is -2.49. The van der Waals surface area contributed by atoms with Crippen molar-refractivity contribution in [2.24, 2.45) is 0 Å². The second-order valence-electron chi connectivity index (χ2n) is 8.48. The maximum atomic E-state index is 13.1. The fourth-order valence-electron chi connectivity index (χ4n) is 4.59. The molecule has 33 heavy (non-hydrogen) atoms. The topological polar surface area (TPSA) is 41.4 Å². The van der Waals surface area contributed by atoms with Gasteiger partial charge in [0.25, 0.3) is 5.91 Å². The van der Waals surface area contributed by atoms with E-state index in [-0.39, 0.29) is 11.9 Å². The summed E-state index contributed by atoms with van der Waals surface area (Å²) in [6, 6.07) is 29.4. The van der Waals surface area contributed by atoms with Crippen LogP contribution in [0, 0.1) is 0 Å². The molecule has 1 aliphatic rings. The number of aromatic nitrogens is 2. The van der Waals surface area contributed by atoms with Crippen molar-refractivity contribution in [3.05, 3.63) is 126 Å². The highest BCUT2D eigenvalue weighted by Crippen LogP contribution is 2.29. The van der Waals surface area contributed by atoms with E-state index in [4.69, 9.17) is 0 Å². The predicted molar refractivity (Wildman–Crippen MR) is 130 cm³/mol. The molecule has 1 amide bonds. The molecule has 5 rings (SSSR count). The van der Waals surface area contributed by atoms with Gasteiger partial charge < -0.3 is 9.47 Å². The van der Waals surface area contributed by atoms with Crippen molar-refractivity contribution in [2.45, 2.75) is 12.6 Å². The minimum absolute atomic E-state index is 0.111. The minimum atomic E-state index is 0.111. The Morgan fingerprint density at radius 2 is 1.39 bits per heavy atom. The van der Waals surface area contributed by atoms with Crippen LogP contribution in [0.3, 0.4) is 0 Å². The van der Waals surface area contributed by atoms with Crippen LogP contribution in [-0.2, 0) is 6.54 Å². The molecule has 0 bridgehead atoms. The molecule has 1 aromatic heterocycles. The fraction of sp³-hybridized carbons (Fsp3) is 0.214. The van der Waals surface area contributed by atoms with Crippen molar-refractivity contribution in [3.8, 4) is 0 Å². The number of carbonyl (C=O) groups excluding carboxylic acids is 1. The lowest BCUT2D eigenvalue weighted by atomic mass is 9.96. The van der Waals surface area contributed by atoms with Crippen LogP contribution in [0.2, 0.25) is 0 Å². The summed E-state index contributed by atoms with van der Waals surface area (Å²) in [7, 11) is 0. The Bertz CT molecular complexity index is 1110. The van der Waals surface area contributed by atoms with Crippen LogP contribution in [0.1, 0.15) is 33.1 Å². The van der Waals surface area contributed by atoms with Crippen molar-refractivity contribution < 1.29 is 4.79 Å². The van der Waals surface area contributed by atoms with Gasteiger partial charge >= 0.3 is 0 Å². The number of carbonyl (C=O) groups is 1. The van der Waals surface area contributed by atoms with Gasteiger partial charge in [0.15, 0.2) is 0 Å². The van der Waals surface area contributed by atoms with Crippen LogP contribution >= 0.6 is 0 Å². The zero-order valence-electron chi connectivity index (χ0n) is 18.6. The molecule has 0 saturated carbocycles. The molecule has 3 aromatic carbocycles. The highest BCUT2D eigenvalue weighted by molar-refractivity contribution is 5.94. The van der Waals surface area contributed by atoms with Crippen LogP contribution in [0.4, 0.5) is 0 Å². The molecule has 1 fully saturated rings. The summed E-state index contributed by atoms with van der Waals surface area (Å²) < 4.78 is 2.02. The van der Waals surface area contributed by atoms with Crippen molar-refractivity contribution >= 4 is 5.91 Å². The first-order valence-electron chi connectivity index (χ1n) is 11.5. The average molecular weight is 437 g/mol. The number of imidazole rings is 1. The first-order chi connectivity index (χ1) is 16.3. The second kappa shape index (κ2) is 9.84. The van der Waals surface area contributed by atoms with Gasteiger partial charge in [0.1, 0.15) is 0 Å². The Labute approximate surface area is 194 Å². The molecule has 2 heterocycles. The summed E-state index contributed by atoms with van der Waals surface area (Å²) in [5, 5.41) is 0. The van der Waals surface area contributed by atoms with E-state index in [0.29, 0.717) is 0 Å². The van der Waals surface area contributed by atoms with Gasteiger partial charge in [-0.15, -0.1) is 0 Å². The van der Waals surface area contributed by atoms with E-state index in [0.717, 1.165) is 43.9 Å². The maximum Gasteiger partial charge on any atom is 0.253 e. The van der Waals surface area contributed by atoms with E-state index >= 15 is 0 Å². The maximum absolute atomic E-state index is 13.1. The van der Waals surface area contributed by atoms with Crippen molar-refractivity contribution in [3.63, 3.8) is 0 Å². The smallest absolute Gasteiger partial charge is 0.253 e. The van der Waals surface area contributed by atoms with E-state index in [1.807, 2.05) is 39.9 Å². The molecule has 0 atom stereocenters. The molecule has 0 aliphatic carbocycles. The molecule has 0 radical (unpaired) electrons. The number of rotatable bonds is 6. The summed E-state index contributed by atoms with van der Waals surface area (Å²) in [4.78, 5) is 21.7. The summed E-state index contributed by atoms with van der Waals surface area (Å²) in [5.41, 5.74) is 4.48. The van der Waals surface area contributed by atoms with E-state index < -0.39 is 0 Å². The molecule has 166 valence electrons. The summed E-state index contributed by atoms with van der Waals surface area (Å²) in [5.74, 6) is 0.111. The standard InChI is InChI=1S/C28H28N4O/c33-28(26-13-11-23(12-14-26)21-30-16-15-29-22-30)32-19-17-31(18-20-32)27(24-7-3-1-4-8-24)25-9-5-2-6-10-25/h1-16,22,27H,17-21H2. The summed E-state index contributed by atoms with van der Waals surface area (Å²) >= 11 is 0. The quantitative estimate of drug-likeness (QED) is 0.448. The van der Waals surface area contributed by atoms with Gasteiger partial charge in [-0.05, 0) is 28.8 Å². The molecule has 4 aromatic rings. The fourth-order valence-corrected chi connectivity index (χ4v) is 4.59. The molecule has 0 unspecified atom stereocenters. The molecule has 0 N–H and O–H groups in total. The highest BCUT2D eigenvalue weighted by atomic mass is 16.2. The molecule has 0 spiro atoms. The van der Waals surface area contributed by atoms with Crippen molar-refractivity contribution in [1.82, 2.24) is 19.4 Å². The van der Waals surface area contributed by atoms with Gasteiger partial charge in [0.2, 0.25) is 0 Å². The number of hydrogen-bond acceptors (Lipinski definition) is 3. The zero-order valence-corrected chi connectivity index (χ0v) is 18.6. The summed E-state index contributed by atoms with van der Waals surface area (Å²) in [6.07, 6.45) is 5.52. The first-order valence-corrected chi connectivity index (χ1v) is 11.5. The lowest BCUT2D eigenvalue weighted by molar-refractivity contribution is 0.0597. The normalized spacial score (nSPS) is 14.5. The van der Waals surface area contributed by atoms with Gasteiger partial charge in [-0.3, -0.25) is 9.69 Å². The Hall–Kier alpha value is -3.70. The van der Waals surface area contributed by atoms with Crippen LogP contribution < -0.4 is 0 Å². The molecule has 1 aliphatic heterocycles. The third kappa shape index (κ3) is 4.89. The Balaban J connectivity index is 1.25. The first kappa shape index (κ1) is 21.2. The van der Waals surface area contributed by atoms with E-state index in [2.05, 4.69) is 70.5 Å². The zero-order chi connectivity index (χ0) is 22.5. The Kier molecular flexibility index (Phi) is 6.31. The average Bonchev–Trinajstić information content (AvgIpc) is 3.39. The number of amides is 1. The third-order valence-corrected chi connectivity index (χ3v) is 6.32. The Morgan fingerprint density at radius 1 is 0.788 bits per heavy atom. The van der Waals surface area contributed by atoms with Gasteiger partial charge in [0.05, 0.1) is 12.4 Å². The lowest BCUT2D eigenvalue weighted by Gasteiger charge is -2.39. The van der Waals surface area contributed by atoms with Crippen LogP contribution in [0.15, 0.2) is 104 Å². The molecular formula is C28H28N4O. The predicted octanol–water partition coefficient (Wildman–Crippen LogP) is 4.48. The minimum Gasteiger partial charge on any atom is -0.336 e. The number of benzene rings is 3. The van der Waals surface area contributed by atoms with Gasteiger partial charge in [-0.1, -0.05) is 72.8 Å². The molecular weight excluding hydrogens is 408 g/mol. The van der Waals surface area contributed by atoms with Gasteiger partial charge in [-0.25, -0.2) is 4.98 Å². The third-order valence-electron chi connectivity index (χ3n) is 6.32. The van der Waals surface area contributed by atoms with Crippen LogP contribution in [0.5, 0.6) is 0 Å². The second-order valence-corrected chi connectivity index (χ2v) is 8.48. The van der Waals surface area contributed by atoms with Gasteiger partial charge in [-0.2, -0.15) is 0 Å². The number of piperazine rings is 1. The molecule has 1 saturated heterocycles. The number of hydrogen-bond donors (Lipinski definition) is 0. The monoisotopic (exact) mass is 436 g/mol. The van der Waals surface area contributed by atoms with Crippen molar-refractivity contribution in [1.29, 1.82) is 0 Å². The molecule has 5 heteroatoms. The number of nitrogens with zero attached hydrogens (tertiary/aromatic N) is 4. The van der Waals surface area contributed by atoms with Crippen molar-refractivity contribution in [2.75, 3.05) is 26.2 Å². The largest absolute Gasteiger partial charge is 0.336 e. The van der Waals surface area contributed by atoms with E-state index in [9.17, 15) is 4.79 Å². The van der Waals surface area contributed by atoms with Crippen LogP contribution in [-0.4, -0.2) is 51.4 Å². The van der Waals surface area contributed by atoms with E-state index in [1.165, 1.54) is 11.1 Å². The van der Waals surface area contributed by atoms with Gasteiger partial charge in [0, 0.05) is 50.7 Å². The Morgan fingerprint density at radius 3 is 1.94 bits per heavy atom. The summed E-state index contributed by atoms with van der Waals surface area (Å²) in [6.45, 7) is 3.91. The SMILES string of the molecule is O=C(c1ccc(Cn2ccnc2)cc1)N1CCN(C(c2ccccc2)c2ccccc2)CC1. The van der Waals surface area contributed by atoms with Crippen LogP contribution in [0.25, 0.3) is 0 Å². The van der Waals surface area contributed by atoms with E-state index in [1.54, 1.807) is 12.5 Å².